The molecule has 3 rings (SSSR count). The van der Waals surface area contributed by atoms with Gasteiger partial charge in [-0.3, -0.25) is 14.6 Å². The summed E-state index contributed by atoms with van der Waals surface area (Å²) in [5.41, 5.74) is 0.735. The molecule has 2 fully saturated rings. The molecule has 26 heavy (non-hydrogen) atoms. The Morgan fingerprint density at radius 1 is 1.27 bits per heavy atom. The van der Waals surface area contributed by atoms with Crippen molar-refractivity contribution in [3.05, 3.63) is 30.1 Å². The van der Waals surface area contributed by atoms with Gasteiger partial charge in [0.1, 0.15) is 6.04 Å². The Morgan fingerprint density at radius 2 is 2.00 bits per heavy atom. The Bertz CT molecular complexity index is 659. The first kappa shape index (κ1) is 18.4. The van der Waals surface area contributed by atoms with Gasteiger partial charge in [-0.25, -0.2) is 4.79 Å². The molecule has 0 saturated carbocycles. The largest absolute Gasteiger partial charge is 0.480 e. The first-order valence-corrected chi connectivity index (χ1v) is 9.08. The minimum absolute atomic E-state index is 0.113. The molecule has 1 N–H and O–H groups in total. The van der Waals surface area contributed by atoms with E-state index in [4.69, 9.17) is 0 Å². The van der Waals surface area contributed by atoms with Crippen LogP contribution in [0.15, 0.2) is 24.4 Å². The zero-order chi connectivity index (χ0) is 18.7. The van der Waals surface area contributed by atoms with Crippen molar-refractivity contribution in [1.82, 2.24) is 14.8 Å². The van der Waals surface area contributed by atoms with Crippen molar-refractivity contribution >= 4 is 17.8 Å². The minimum atomic E-state index is -0.939. The van der Waals surface area contributed by atoms with Gasteiger partial charge in [0.25, 0.3) is 0 Å². The number of rotatable bonds is 4. The average Bonchev–Trinajstić information content (AvgIpc) is 3.01. The molecule has 2 saturated heterocycles. The number of carboxylic acid groups (broad SMARTS) is 1. The van der Waals surface area contributed by atoms with E-state index in [0.29, 0.717) is 38.9 Å². The molecule has 1 aromatic rings. The maximum absolute atomic E-state index is 12.5. The van der Waals surface area contributed by atoms with Gasteiger partial charge in [0.15, 0.2) is 0 Å². The number of aliphatic carboxylic acids is 1. The lowest BCUT2D eigenvalue weighted by atomic mass is 9.76. The van der Waals surface area contributed by atoms with Crippen molar-refractivity contribution < 1.29 is 19.5 Å². The molecule has 2 aliphatic rings. The van der Waals surface area contributed by atoms with Crippen molar-refractivity contribution in [1.29, 1.82) is 0 Å². The van der Waals surface area contributed by atoms with E-state index in [2.05, 4.69) is 4.98 Å². The maximum atomic E-state index is 12.5. The summed E-state index contributed by atoms with van der Waals surface area (Å²) in [5.74, 6) is -1.02. The second-order valence-electron chi connectivity index (χ2n) is 7.41. The van der Waals surface area contributed by atoms with Gasteiger partial charge in [0, 0.05) is 44.9 Å². The second kappa shape index (κ2) is 7.43. The topological polar surface area (TPSA) is 90.8 Å². The number of pyridine rings is 1. The quantitative estimate of drug-likeness (QED) is 0.876. The highest BCUT2D eigenvalue weighted by atomic mass is 16.4. The molecule has 1 atom stereocenters. The lowest BCUT2D eigenvalue weighted by Gasteiger charge is -2.39. The molecule has 3 heterocycles. The third kappa shape index (κ3) is 3.86. The third-order valence-corrected chi connectivity index (χ3v) is 5.70. The van der Waals surface area contributed by atoms with Crippen molar-refractivity contribution in [3.8, 4) is 0 Å². The molecule has 0 radical (unpaired) electrons. The van der Waals surface area contributed by atoms with E-state index < -0.39 is 12.0 Å². The SMILES string of the molecule is CC(=O)N1CC2(CCN(C(=O)CCc3ccccn3)CC2)CC1C(=O)O. The predicted octanol–water partition coefficient (Wildman–Crippen LogP) is 1.33. The summed E-state index contributed by atoms with van der Waals surface area (Å²) in [6, 6.07) is 4.95. The molecule has 0 bridgehead atoms. The molecular formula is C19H25N3O4. The second-order valence-corrected chi connectivity index (χ2v) is 7.41. The van der Waals surface area contributed by atoms with Gasteiger partial charge in [-0.15, -0.1) is 0 Å². The van der Waals surface area contributed by atoms with E-state index >= 15 is 0 Å². The number of hydrogen-bond acceptors (Lipinski definition) is 4. The van der Waals surface area contributed by atoms with E-state index in [1.165, 1.54) is 11.8 Å². The van der Waals surface area contributed by atoms with Crippen molar-refractivity contribution in [2.75, 3.05) is 19.6 Å². The van der Waals surface area contributed by atoms with E-state index in [1.54, 1.807) is 6.20 Å². The highest BCUT2D eigenvalue weighted by molar-refractivity contribution is 5.83. The predicted molar refractivity (Wildman–Crippen MR) is 94.2 cm³/mol. The van der Waals surface area contributed by atoms with Gasteiger partial charge in [0.2, 0.25) is 11.8 Å². The Labute approximate surface area is 153 Å². The van der Waals surface area contributed by atoms with Gasteiger partial charge in [0.05, 0.1) is 0 Å². The van der Waals surface area contributed by atoms with Crippen molar-refractivity contribution in [2.45, 2.75) is 45.1 Å². The number of hydrogen-bond donors (Lipinski definition) is 1. The molecular weight excluding hydrogens is 334 g/mol. The zero-order valence-electron chi connectivity index (χ0n) is 15.1. The van der Waals surface area contributed by atoms with Gasteiger partial charge in [-0.05, 0) is 43.2 Å². The molecule has 0 aromatic carbocycles. The van der Waals surface area contributed by atoms with Crippen LogP contribution in [0.25, 0.3) is 0 Å². The molecule has 7 heteroatoms. The van der Waals surface area contributed by atoms with Gasteiger partial charge < -0.3 is 14.9 Å². The monoisotopic (exact) mass is 359 g/mol. The number of piperidine rings is 1. The van der Waals surface area contributed by atoms with Crippen LogP contribution in [0.4, 0.5) is 0 Å². The van der Waals surface area contributed by atoms with Crippen LogP contribution >= 0.6 is 0 Å². The van der Waals surface area contributed by atoms with Crippen LogP contribution in [-0.2, 0) is 20.8 Å². The van der Waals surface area contributed by atoms with Crippen LogP contribution in [0.3, 0.4) is 0 Å². The van der Waals surface area contributed by atoms with Gasteiger partial charge in [-0.1, -0.05) is 6.07 Å². The summed E-state index contributed by atoms with van der Waals surface area (Å²) < 4.78 is 0. The fraction of sp³-hybridized carbons (Fsp3) is 0.579. The van der Waals surface area contributed by atoms with E-state index in [-0.39, 0.29) is 17.2 Å². The molecule has 2 aliphatic heterocycles. The first-order chi connectivity index (χ1) is 12.4. The molecule has 7 nitrogen and oxygen atoms in total. The molecule has 140 valence electrons. The highest BCUT2D eigenvalue weighted by Crippen LogP contribution is 2.43. The van der Waals surface area contributed by atoms with E-state index in [1.807, 2.05) is 23.1 Å². The highest BCUT2D eigenvalue weighted by Gasteiger charge is 2.49. The summed E-state index contributed by atoms with van der Waals surface area (Å²) in [5, 5.41) is 9.40. The van der Waals surface area contributed by atoms with Crippen LogP contribution in [-0.4, -0.2) is 63.4 Å². The Morgan fingerprint density at radius 3 is 2.54 bits per heavy atom. The van der Waals surface area contributed by atoms with Gasteiger partial charge in [-0.2, -0.15) is 0 Å². The standard InChI is InChI=1S/C19H25N3O4/c1-14(23)22-13-19(12-16(22)18(25)26)7-10-21(11-8-19)17(24)6-5-15-4-2-3-9-20-15/h2-4,9,16H,5-8,10-13H2,1H3,(H,25,26). The summed E-state index contributed by atoms with van der Waals surface area (Å²) >= 11 is 0. The number of aryl methyl sites for hydroxylation is 1. The van der Waals surface area contributed by atoms with Crippen LogP contribution in [0, 0.1) is 5.41 Å². The van der Waals surface area contributed by atoms with Gasteiger partial charge >= 0.3 is 5.97 Å². The Kier molecular flexibility index (Phi) is 5.25. The average molecular weight is 359 g/mol. The van der Waals surface area contributed by atoms with E-state index in [0.717, 1.165) is 18.5 Å². The maximum Gasteiger partial charge on any atom is 0.326 e. The number of carbonyl (C=O) groups is 3. The number of amides is 2. The first-order valence-electron chi connectivity index (χ1n) is 9.08. The summed E-state index contributed by atoms with van der Waals surface area (Å²) in [6.45, 7) is 3.15. The fourth-order valence-corrected chi connectivity index (χ4v) is 4.14. The lowest BCUT2D eigenvalue weighted by molar-refractivity contribution is -0.147. The third-order valence-electron chi connectivity index (χ3n) is 5.70. The van der Waals surface area contributed by atoms with Crippen LogP contribution in [0.5, 0.6) is 0 Å². The summed E-state index contributed by atoms with van der Waals surface area (Å²) in [7, 11) is 0. The molecule has 0 aliphatic carbocycles. The zero-order valence-corrected chi connectivity index (χ0v) is 15.1. The van der Waals surface area contributed by atoms with E-state index in [9.17, 15) is 19.5 Å². The minimum Gasteiger partial charge on any atom is -0.480 e. The molecule has 1 aromatic heterocycles. The summed E-state index contributed by atoms with van der Waals surface area (Å²) in [4.78, 5) is 43.3. The Balaban J connectivity index is 1.54. The number of likely N-dealkylation sites (tertiary alicyclic amines) is 2. The van der Waals surface area contributed by atoms with Crippen LogP contribution in [0.1, 0.15) is 38.3 Å². The molecule has 1 spiro atoms. The lowest BCUT2D eigenvalue weighted by Crippen LogP contribution is -2.44. The van der Waals surface area contributed by atoms with Crippen LogP contribution < -0.4 is 0 Å². The number of aromatic nitrogens is 1. The fourth-order valence-electron chi connectivity index (χ4n) is 4.14. The Hall–Kier alpha value is -2.44. The smallest absolute Gasteiger partial charge is 0.326 e. The summed E-state index contributed by atoms with van der Waals surface area (Å²) in [6.07, 6.45) is 4.76. The molecule has 1 unspecified atom stereocenters. The normalized spacial score (nSPS) is 21.8. The van der Waals surface area contributed by atoms with Crippen molar-refractivity contribution in [2.24, 2.45) is 5.41 Å². The number of carboxylic acids is 1. The number of nitrogens with zero attached hydrogens (tertiary/aromatic N) is 3. The van der Waals surface area contributed by atoms with Crippen molar-refractivity contribution in [3.63, 3.8) is 0 Å². The number of carbonyl (C=O) groups excluding carboxylic acids is 2. The van der Waals surface area contributed by atoms with Crippen LogP contribution in [0.2, 0.25) is 0 Å². The molecule has 2 amide bonds.